The van der Waals surface area contributed by atoms with Crippen molar-refractivity contribution in [3.8, 4) is 0 Å². The average Bonchev–Trinajstić information content (AvgIpc) is 2.38. The molecule has 2 aromatic rings. The van der Waals surface area contributed by atoms with Crippen molar-refractivity contribution in [1.82, 2.24) is 5.32 Å². The van der Waals surface area contributed by atoms with E-state index in [0.717, 1.165) is 0 Å². The van der Waals surface area contributed by atoms with Crippen LogP contribution in [0, 0.1) is 0 Å². The van der Waals surface area contributed by atoms with Crippen molar-refractivity contribution >= 4 is 34.5 Å². The topological polar surface area (TPSA) is 72.2 Å². The standard InChI is InChI=1S/C14H14N2O2S/c15-14(18)16-13(17)9-19-8-11-6-3-5-10-4-1-2-7-12(10)11/h1-7H,8-9H2,(H3,15,16,17,18). The van der Waals surface area contributed by atoms with Crippen LogP contribution in [0.15, 0.2) is 42.5 Å². The van der Waals surface area contributed by atoms with Crippen LogP contribution in [-0.4, -0.2) is 17.7 Å². The van der Waals surface area contributed by atoms with Crippen LogP contribution in [-0.2, 0) is 10.5 Å². The van der Waals surface area contributed by atoms with Gasteiger partial charge in [-0.3, -0.25) is 10.1 Å². The minimum Gasteiger partial charge on any atom is -0.351 e. The molecular weight excluding hydrogens is 260 g/mol. The van der Waals surface area contributed by atoms with Gasteiger partial charge in [0.15, 0.2) is 0 Å². The maximum atomic E-state index is 11.3. The third-order valence-corrected chi connectivity index (χ3v) is 3.61. The van der Waals surface area contributed by atoms with E-state index >= 15 is 0 Å². The summed E-state index contributed by atoms with van der Waals surface area (Å²) in [4.78, 5) is 21.8. The number of nitrogens with two attached hydrogens (primary N) is 1. The van der Waals surface area contributed by atoms with Crippen LogP contribution in [0.5, 0.6) is 0 Å². The molecule has 5 heteroatoms. The second-order valence-electron chi connectivity index (χ2n) is 4.04. The zero-order chi connectivity index (χ0) is 13.7. The molecule has 3 N–H and O–H groups in total. The van der Waals surface area contributed by atoms with E-state index < -0.39 is 6.03 Å². The molecule has 0 aliphatic heterocycles. The summed E-state index contributed by atoms with van der Waals surface area (Å²) in [5.74, 6) is 0.567. The van der Waals surface area contributed by atoms with E-state index in [4.69, 9.17) is 5.73 Å². The first-order chi connectivity index (χ1) is 9.16. The fourth-order valence-electron chi connectivity index (χ4n) is 1.85. The highest BCUT2D eigenvalue weighted by Crippen LogP contribution is 2.22. The van der Waals surface area contributed by atoms with Crippen LogP contribution < -0.4 is 11.1 Å². The van der Waals surface area contributed by atoms with Crippen LogP contribution >= 0.6 is 11.8 Å². The summed E-state index contributed by atoms with van der Waals surface area (Å²) in [7, 11) is 0. The number of nitrogens with one attached hydrogen (secondary N) is 1. The Balaban J connectivity index is 1.98. The van der Waals surface area contributed by atoms with Crippen molar-refractivity contribution in [2.45, 2.75) is 5.75 Å². The highest BCUT2D eigenvalue weighted by molar-refractivity contribution is 7.99. The minimum atomic E-state index is -0.809. The molecule has 0 spiro atoms. The van der Waals surface area contributed by atoms with Crippen molar-refractivity contribution in [2.75, 3.05) is 5.75 Å². The van der Waals surface area contributed by atoms with Gasteiger partial charge < -0.3 is 5.73 Å². The van der Waals surface area contributed by atoms with Gasteiger partial charge in [-0.1, -0.05) is 42.5 Å². The van der Waals surface area contributed by atoms with Gasteiger partial charge in [0.05, 0.1) is 5.75 Å². The number of amides is 3. The third-order valence-electron chi connectivity index (χ3n) is 2.63. The summed E-state index contributed by atoms with van der Waals surface area (Å²) in [6.07, 6.45) is 0. The molecule has 0 aromatic heterocycles. The Morgan fingerprint density at radius 1 is 1.11 bits per heavy atom. The van der Waals surface area contributed by atoms with Gasteiger partial charge in [0.1, 0.15) is 0 Å². The molecule has 3 amide bonds. The van der Waals surface area contributed by atoms with Gasteiger partial charge in [-0.25, -0.2) is 4.79 Å². The lowest BCUT2D eigenvalue weighted by atomic mass is 10.1. The molecule has 0 bridgehead atoms. The summed E-state index contributed by atoms with van der Waals surface area (Å²) in [5.41, 5.74) is 6.05. The number of imide groups is 1. The second kappa shape index (κ2) is 6.24. The number of carbonyl (C=O) groups is 2. The van der Waals surface area contributed by atoms with Gasteiger partial charge in [0, 0.05) is 5.75 Å². The van der Waals surface area contributed by atoms with E-state index in [1.807, 2.05) is 29.6 Å². The molecule has 19 heavy (non-hydrogen) atoms. The van der Waals surface area contributed by atoms with Crippen molar-refractivity contribution in [3.63, 3.8) is 0 Å². The van der Waals surface area contributed by atoms with Gasteiger partial charge in [-0.15, -0.1) is 11.8 Å². The number of hydrogen-bond acceptors (Lipinski definition) is 3. The number of benzene rings is 2. The number of rotatable bonds is 4. The SMILES string of the molecule is NC(=O)NC(=O)CSCc1cccc2ccccc12. The fourth-order valence-corrected chi connectivity index (χ4v) is 2.68. The van der Waals surface area contributed by atoms with Crippen molar-refractivity contribution < 1.29 is 9.59 Å². The van der Waals surface area contributed by atoms with E-state index in [2.05, 4.69) is 18.2 Å². The maximum absolute atomic E-state index is 11.3. The monoisotopic (exact) mass is 274 g/mol. The highest BCUT2D eigenvalue weighted by atomic mass is 32.2. The van der Waals surface area contributed by atoms with Gasteiger partial charge >= 0.3 is 6.03 Å². The summed E-state index contributed by atoms with van der Waals surface area (Å²) in [5, 5.41) is 4.42. The van der Waals surface area contributed by atoms with Crippen LogP contribution in [0.4, 0.5) is 4.79 Å². The van der Waals surface area contributed by atoms with Crippen molar-refractivity contribution in [2.24, 2.45) is 5.73 Å². The van der Waals surface area contributed by atoms with E-state index in [9.17, 15) is 9.59 Å². The molecule has 0 radical (unpaired) electrons. The normalized spacial score (nSPS) is 10.3. The average molecular weight is 274 g/mol. The second-order valence-corrected chi connectivity index (χ2v) is 5.03. The highest BCUT2D eigenvalue weighted by Gasteiger charge is 2.05. The number of urea groups is 1. The van der Waals surface area contributed by atoms with E-state index in [1.54, 1.807) is 0 Å². The first-order valence-corrected chi connectivity index (χ1v) is 6.96. The zero-order valence-corrected chi connectivity index (χ0v) is 11.1. The van der Waals surface area contributed by atoms with Crippen LogP contribution in [0.1, 0.15) is 5.56 Å². The molecule has 0 saturated carbocycles. The number of thioether (sulfide) groups is 1. The Bertz CT molecular complexity index is 608. The zero-order valence-electron chi connectivity index (χ0n) is 10.3. The van der Waals surface area contributed by atoms with Gasteiger partial charge in [0.25, 0.3) is 0 Å². The first kappa shape index (κ1) is 13.4. The molecule has 98 valence electrons. The maximum Gasteiger partial charge on any atom is 0.318 e. The molecule has 0 atom stereocenters. The Labute approximate surface area is 115 Å². The van der Waals surface area contributed by atoms with E-state index in [0.29, 0.717) is 5.75 Å². The molecule has 4 nitrogen and oxygen atoms in total. The minimum absolute atomic E-state index is 0.214. The number of primary amides is 1. The Hall–Kier alpha value is -2.01. The number of fused-ring (bicyclic) bond motifs is 1. The van der Waals surface area contributed by atoms with Crippen LogP contribution in [0.3, 0.4) is 0 Å². The molecule has 2 rings (SSSR count). The largest absolute Gasteiger partial charge is 0.351 e. The quantitative estimate of drug-likeness (QED) is 0.898. The first-order valence-electron chi connectivity index (χ1n) is 5.80. The van der Waals surface area contributed by atoms with Gasteiger partial charge in [-0.2, -0.15) is 0 Å². The van der Waals surface area contributed by atoms with Crippen LogP contribution in [0.25, 0.3) is 10.8 Å². The summed E-state index contributed by atoms with van der Waals surface area (Å²) in [6.45, 7) is 0. The molecule has 0 aliphatic carbocycles. The molecule has 0 unspecified atom stereocenters. The molecule has 0 fully saturated rings. The Morgan fingerprint density at radius 3 is 2.63 bits per heavy atom. The molecule has 0 heterocycles. The van der Waals surface area contributed by atoms with Crippen molar-refractivity contribution in [1.29, 1.82) is 0 Å². The lowest BCUT2D eigenvalue weighted by molar-refractivity contribution is -0.117. The van der Waals surface area contributed by atoms with Gasteiger partial charge in [-0.05, 0) is 16.3 Å². The molecule has 0 saturated heterocycles. The molecular formula is C14H14N2O2S. The fraction of sp³-hybridized carbons (Fsp3) is 0.143. The smallest absolute Gasteiger partial charge is 0.318 e. The Morgan fingerprint density at radius 2 is 1.84 bits per heavy atom. The number of carbonyl (C=O) groups excluding carboxylic acids is 2. The molecule has 2 aromatic carbocycles. The number of hydrogen-bond donors (Lipinski definition) is 2. The summed E-state index contributed by atoms with van der Waals surface area (Å²) >= 11 is 1.45. The lowest BCUT2D eigenvalue weighted by Crippen LogP contribution is -2.36. The third kappa shape index (κ3) is 3.72. The lowest BCUT2D eigenvalue weighted by Gasteiger charge is -2.06. The predicted molar refractivity (Wildman–Crippen MR) is 77.8 cm³/mol. The summed E-state index contributed by atoms with van der Waals surface area (Å²) in [6, 6.07) is 13.4. The molecule has 0 aliphatic rings. The van der Waals surface area contributed by atoms with Gasteiger partial charge in [0.2, 0.25) is 5.91 Å². The van der Waals surface area contributed by atoms with E-state index in [-0.39, 0.29) is 11.7 Å². The van der Waals surface area contributed by atoms with Crippen LogP contribution in [0.2, 0.25) is 0 Å². The van der Waals surface area contributed by atoms with E-state index in [1.165, 1.54) is 28.1 Å². The van der Waals surface area contributed by atoms with Crippen molar-refractivity contribution in [3.05, 3.63) is 48.0 Å². The Kier molecular flexibility index (Phi) is 4.41. The summed E-state index contributed by atoms with van der Waals surface area (Å²) < 4.78 is 0. The predicted octanol–water partition coefficient (Wildman–Crippen LogP) is 2.27.